The van der Waals surface area contributed by atoms with Gasteiger partial charge in [-0.3, -0.25) is 0 Å². The maximum atomic E-state index is 9.50. The van der Waals surface area contributed by atoms with E-state index >= 15 is 0 Å². The summed E-state index contributed by atoms with van der Waals surface area (Å²) in [6.45, 7) is 0.472. The molecule has 0 aromatic carbocycles. The van der Waals surface area contributed by atoms with Gasteiger partial charge in [0, 0.05) is 18.5 Å². The zero-order valence-electron chi connectivity index (χ0n) is 8.49. The van der Waals surface area contributed by atoms with E-state index in [0.717, 1.165) is 0 Å². The summed E-state index contributed by atoms with van der Waals surface area (Å²) in [4.78, 5) is 19.0. The van der Waals surface area contributed by atoms with Gasteiger partial charge in [-0.25, -0.2) is 0 Å². The van der Waals surface area contributed by atoms with E-state index < -0.39 is 24.8 Å². The molecule has 8 heteroatoms. The van der Waals surface area contributed by atoms with Crippen molar-refractivity contribution >= 4 is 11.9 Å². The summed E-state index contributed by atoms with van der Waals surface area (Å²) < 4.78 is 0. The van der Waals surface area contributed by atoms with Crippen LogP contribution in [-0.4, -0.2) is 30.2 Å². The molecule has 0 bridgehead atoms. The van der Waals surface area contributed by atoms with E-state index in [4.69, 9.17) is 10.8 Å². The Morgan fingerprint density at radius 3 is 1.36 bits per heavy atom. The molecule has 3 N–H and O–H groups in total. The molecular formula is C6H11NNa2O5. The van der Waals surface area contributed by atoms with E-state index in [1.54, 1.807) is 0 Å². The molecule has 0 unspecified atom stereocenters. The molecule has 0 aliphatic carbocycles. The second kappa shape index (κ2) is 19.4. The number of hydrogen-bond acceptors (Lipinski definition) is 6. The average molecular weight is 223 g/mol. The average Bonchev–Trinajstić information content (AvgIpc) is 2.01. The van der Waals surface area contributed by atoms with E-state index in [1.165, 1.54) is 0 Å². The molecule has 72 valence electrons. The van der Waals surface area contributed by atoms with Gasteiger partial charge in [0.2, 0.25) is 0 Å². The Labute approximate surface area is 126 Å². The molecule has 0 atom stereocenters. The fraction of sp³-hybridized carbons (Fsp3) is 0.667. The minimum Gasteiger partial charge on any atom is -0.550 e. The third kappa shape index (κ3) is 38.4. The molecular weight excluding hydrogens is 212 g/mol. The fourth-order valence-corrected chi connectivity index (χ4v) is 0.204. The van der Waals surface area contributed by atoms with Crippen molar-refractivity contribution in [2.75, 3.05) is 13.2 Å². The molecule has 14 heavy (non-hydrogen) atoms. The van der Waals surface area contributed by atoms with E-state index in [1.807, 2.05) is 0 Å². The Hall–Kier alpha value is 0.860. The minimum absolute atomic E-state index is 0. The summed E-state index contributed by atoms with van der Waals surface area (Å²) in [5.41, 5.74) is 4.78. The van der Waals surface area contributed by atoms with Gasteiger partial charge < -0.3 is 30.6 Å². The van der Waals surface area contributed by atoms with Gasteiger partial charge in [-0.05, 0) is 12.8 Å². The van der Waals surface area contributed by atoms with Crippen LogP contribution in [0.15, 0.2) is 0 Å². The zero-order valence-corrected chi connectivity index (χ0v) is 12.5. The Morgan fingerprint density at radius 2 is 1.29 bits per heavy atom. The van der Waals surface area contributed by atoms with Crippen molar-refractivity contribution in [3.63, 3.8) is 0 Å². The first-order chi connectivity index (χ1) is 5.54. The van der Waals surface area contributed by atoms with Crippen LogP contribution in [0.1, 0.15) is 12.8 Å². The van der Waals surface area contributed by atoms with Crippen LogP contribution in [-0.2, 0) is 9.59 Å². The normalized spacial score (nSPS) is 7.00. The third-order valence-electron chi connectivity index (χ3n) is 0.662. The molecule has 0 saturated heterocycles. The van der Waals surface area contributed by atoms with Crippen LogP contribution in [0.25, 0.3) is 0 Å². The first-order valence-electron chi connectivity index (χ1n) is 3.25. The molecule has 0 saturated carbocycles. The Morgan fingerprint density at radius 1 is 1.07 bits per heavy atom. The first-order valence-corrected chi connectivity index (χ1v) is 3.25. The van der Waals surface area contributed by atoms with E-state index in [-0.39, 0.29) is 65.7 Å². The number of aliphatic hydroxyl groups is 1. The molecule has 6 nitrogen and oxygen atoms in total. The maximum absolute atomic E-state index is 9.50. The van der Waals surface area contributed by atoms with Crippen molar-refractivity contribution in [2.24, 2.45) is 5.73 Å². The van der Waals surface area contributed by atoms with Crippen LogP contribution in [0.3, 0.4) is 0 Å². The monoisotopic (exact) mass is 223 g/mol. The van der Waals surface area contributed by atoms with Crippen LogP contribution in [0.5, 0.6) is 0 Å². The second-order valence-electron chi connectivity index (χ2n) is 1.76. The molecule has 0 aliphatic heterocycles. The summed E-state index contributed by atoms with van der Waals surface area (Å²) >= 11 is 0. The van der Waals surface area contributed by atoms with Crippen molar-refractivity contribution in [3.8, 4) is 0 Å². The summed E-state index contributed by atoms with van der Waals surface area (Å²) in [7, 11) is 0. The van der Waals surface area contributed by atoms with Gasteiger partial charge in [-0.1, -0.05) is 0 Å². The predicted octanol–water partition coefficient (Wildman–Crippen LogP) is -9.79. The number of aliphatic carboxylic acids is 2. The maximum Gasteiger partial charge on any atom is 1.00 e. The van der Waals surface area contributed by atoms with Gasteiger partial charge >= 0.3 is 59.1 Å². The van der Waals surface area contributed by atoms with Crippen LogP contribution in [0.4, 0.5) is 0 Å². The molecule has 0 spiro atoms. The van der Waals surface area contributed by atoms with Crippen LogP contribution >= 0.6 is 0 Å². The van der Waals surface area contributed by atoms with Gasteiger partial charge in [-0.2, -0.15) is 0 Å². The molecule has 0 aromatic heterocycles. The molecule has 0 amide bonds. The Kier molecular flexibility index (Phi) is 33.6. The number of carboxylic acids is 2. The van der Waals surface area contributed by atoms with Crippen molar-refractivity contribution in [2.45, 2.75) is 12.8 Å². The van der Waals surface area contributed by atoms with E-state index in [2.05, 4.69) is 0 Å². The number of rotatable bonds is 4. The molecule has 0 rings (SSSR count). The van der Waals surface area contributed by atoms with E-state index in [9.17, 15) is 19.8 Å². The number of carbonyl (C=O) groups is 2. The van der Waals surface area contributed by atoms with Crippen LogP contribution in [0.2, 0.25) is 0 Å². The van der Waals surface area contributed by atoms with Crippen molar-refractivity contribution < 1.29 is 84.0 Å². The Balaban J connectivity index is -0.0000000733. The summed E-state index contributed by atoms with van der Waals surface area (Å²) in [6, 6.07) is 0. The number of hydrogen-bond donors (Lipinski definition) is 2. The molecule has 0 radical (unpaired) electrons. The fourth-order valence-electron chi connectivity index (χ4n) is 0.204. The van der Waals surface area contributed by atoms with Gasteiger partial charge in [0.25, 0.3) is 0 Å². The first kappa shape index (κ1) is 24.2. The molecule has 0 fully saturated rings. The Bertz CT molecular complexity index is 128. The van der Waals surface area contributed by atoms with Crippen molar-refractivity contribution in [1.29, 1.82) is 0 Å². The van der Waals surface area contributed by atoms with Crippen molar-refractivity contribution in [1.82, 2.24) is 0 Å². The van der Waals surface area contributed by atoms with Crippen LogP contribution < -0.4 is 75.1 Å². The van der Waals surface area contributed by atoms with Gasteiger partial charge in [0.15, 0.2) is 0 Å². The van der Waals surface area contributed by atoms with Gasteiger partial charge in [-0.15, -0.1) is 0 Å². The number of aliphatic hydroxyl groups excluding tert-OH is 1. The quantitative estimate of drug-likeness (QED) is 0.455. The number of carboxylic acid groups (broad SMARTS) is 2. The smallest absolute Gasteiger partial charge is 0.550 e. The summed E-state index contributed by atoms with van der Waals surface area (Å²) in [6.07, 6.45) is -0.940. The molecule has 0 aromatic rings. The standard InChI is InChI=1S/C4H6O4.C2H7NO.2Na/c5-3(6)1-2-4(7)8;3-1-2-4;;/h1-2H2,(H,5,6)(H,7,8);4H,1-3H2;;/q;;2*+1/p-2. The zero-order chi connectivity index (χ0) is 9.98. The summed E-state index contributed by atoms with van der Waals surface area (Å²) in [5.74, 6) is -2.73. The van der Waals surface area contributed by atoms with Gasteiger partial charge in [0.05, 0.1) is 6.61 Å². The minimum atomic E-state index is -1.37. The molecule has 0 aliphatic rings. The topological polar surface area (TPSA) is 127 Å². The SMILES string of the molecule is NCCO.O=C([O-])CCC(=O)[O-].[Na+].[Na+]. The predicted molar refractivity (Wildman–Crippen MR) is 35.4 cm³/mol. The summed E-state index contributed by atoms with van der Waals surface area (Å²) in [5, 5.41) is 26.8. The number of nitrogens with two attached hydrogens (primary N) is 1. The van der Waals surface area contributed by atoms with E-state index in [0.29, 0.717) is 6.54 Å². The second-order valence-corrected chi connectivity index (χ2v) is 1.76. The van der Waals surface area contributed by atoms with Gasteiger partial charge in [0.1, 0.15) is 0 Å². The molecule has 0 heterocycles. The van der Waals surface area contributed by atoms with Crippen LogP contribution in [0, 0.1) is 0 Å². The number of carbonyl (C=O) groups excluding carboxylic acids is 2. The third-order valence-corrected chi connectivity index (χ3v) is 0.662. The largest absolute Gasteiger partial charge is 1.00 e. The van der Waals surface area contributed by atoms with Crippen molar-refractivity contribution in [3.05, 3.63) is 0 Å².